The Morgan fingerprint density at radius 3 is 2.67 bits per heavy atom. The molecule has 2 N–H and O–H groups in total. The van der Waals surface area contributed by atoms with Crippen molar-refractivity contribution in [2.24, 2.45) is 5.92 Å². The van der Waals surface area contributed by atoms with E-state index in [9.17, 15) is 14.7 Å². The molecule has 0 spiro atoms. The Kier molecular flexibility index (Phi) is 6.40. The number of carbonyl (C=O) groups is 2. The minimum atomic E-state index is -0.936. The second-order valence-electron chi connectivity index (χ2n) is 6.56. The molecule has 7 heteroatoms. The Hall–Kier alpha value is -1.40. The lowest BCUT2D eigenvalue weighted by Gasteiger charge is -2.19. The van der Waals surface area contributed by atoms with Gasteiger partial charge in [-0.05, 0) is 54.8 Å². The zero-order valence-electron chi connectivity index (χ0n) is 13.8. The van der Waals surface area contributed by atoms with Crippen LogP contribution in [0.3, 0.4) is 0 Å². The van der Waals surface area contributed by atoms with Crippen molar-refractivity contribution in [3.8, 4) is 0 Å². The van der Waals surface area contributed by atoms with Crippen LogP contribution in [0.4, 0.5) is 4.79 Å². The highest BCUT2D eigenvalue weighted by molar-refractivity contribution is 7.99. The highest BCUT2D eigenvalue weighted by atomic mass is 35.5. The van der Waals surface area contributed by atoms with Gasteiger partial charge in [0, 0.05) is 11.4 Å². The molecule has 1 amide bonds. The van der Waals surface area contributed by atoms with Gasteiger partial charge < -0.3 is 9.84 Å². The molecule has 0 aliphatic heterocycles. The minimum absolute atomic E-state index is 0.231. The molecule has 5 nitrogen and oxygen atoms in total. The third kappa shape index (κ3) is 5.91. The first-order valence-corrected chi connectivity index (χ1v) is 9.17. The fourth-order valence-electron chi connectivity index (χ4n) is 2.44. The molecule has 1 saturated carbocycles. The van der Waals surface area contributed by atoms with Gasteiger partial charge in [0.2, 0.25) is 0 Å². The molecule has 24 heavy (non-hydrogen) atoms. The molecule has 2 rings (SSSR count). The van der Waals surface area contributed by atoms with Gasteiger partial charge in [0.1, 0.15) is 10.9 Å². The van der Waals surface area contributed by atoms with E-state index in [4.69, 9.17) is 16.3 Å². The molecular weight excluding hydrogens is 350 g/mol. The van der Waals surface area contributed by atoms with Crippen LogP contribution in [0.25, 0.3) is 0 Å². The topological polar surface area (TPSA) is 75.6 Å². The molecule has 1 atom stereocenters. The lowest BCUT2D eigenvalue weighted by molar-refractivity contribution is -0.136. The highest BCUT2D eigenvalue weighted by Gasteiger charge is 2.47. The molecular formula is C17H22ClNO4S. The number of benzene rings is 1. The zero-order valence-corrected chi connectivity index (χ0v) is 15.3. The summed E-state index contributed by atoms with van der Waals surface area (Å²) < 4.78 is 8.03. The Bertz CT molecular complexity index is 604. The summed E-state index contributed by atoms with van der Waals surface area (Å²) in [6.45, 7) is 3.89. The van der Waals surface area contributed by atoms with Gasteiger partial charge in [0.15, 0.2) is 0 Å². The monoisotopic (exact) mass is 371 g/mol. The number of carboxylic acids is 1. The van der Waals surface area contributed by atoms with Gasteiger partial charge in [0.05, 0.1) is 0 Å². The molecule has 0 saturated heterocycles. The third-order valence-electron chi connectivity index (χ3n) is 3.78. The SMILES string of the molecule is CC(C)C[C@H](SNC(=O)OC1(Cc2cccc(Cl)c2)CC1)C(=O)O. The smallest absolute Gasteiger partial charge is 0.417 e. The lowest BCUT2D eigenvalue weighted by atomic mass is 10.1. The first-order valence-electron chi connectivity index (χ1n) is 7.91. The number of nitrogens with one attached hydrogen (secondary N) is 1. The number of hydrogen-bond acceptors (Lipinski definition) is 4. The lowest BCUT2D eigenvalue weighted by Crippen LogP contribution is -2.31. The maximum atomic E-state index is 12.0. The summed E-state index contributed by atoms with van der Waals surface area (Å²) in [7, 11) is 0. The van der Waals surface area contributed by atoms with Crippen LogP contribution in [0, 0.1) is 5.92 Å². The molecule has 1 aliphatic carbocycles. The van der Waals surface area contributed by atoms with Crippen molar-refractivity contribution >= 4 is 35.6 Å². The van der Waals surface area contributed by atoms with E-state index in [1.165, 1.54) is 0 Å². The quantitative estimate of drug-likeness (QED) is 0.667. The summed E-state index contributed by atoms with van der Waals surface area (Å²) in [5.41, 5.74) is 0.523. The summed E-state index contributed by atoms with van der Waals surface area (Å²) >= 11 is 6.87. The fraction of sp³-hybridized carbons (Fsp3) is 0.529. The molecule has 1 fully saturated rings. The predicted molar refractivity (Wildman–Crippen MR) is 95.2 cm³/mol. The number of halogens is 1. The Balaban J connectivity index is 1.84. The highest BCUT2D eigenvalue weighted by Crippen LogP contribution is 2.43. The van der Waals surface area contributed by atoms with Crippen LogP contribution in [0.2, 0.25) is 5.02 Å². The van der Waals surface area contributed by atoms with E-state index in [-0.39, 0.29) is 5.92 Å². The van der Waals surface area contributed by atoms with Crippen LogP contribution >= 0.6 is 23.5 Å². The largest absolute Gasteiger partial charge is 0.480 e. The van der Waals surface area contributed by atoms with Crippen LogP contribution in [0.1, 0.15) is 38.7 Å². The number of ether oxygens (including phenoxy) is 1. The fourth-order valence-corrected chi connectivity index (χ4v) is 3.51. The maximum absolute atomic E-state index is 12.0. The van der Waals surface area contributed by atoms with Crippen molar-refractivity contribution in [3.63, 3.8) is 0 Å². The molecule has 0 aromatic heterocycles. The average molecular weight is 372 g/mol. The van der Waals surface area contributed by atoms with Gasteiger partial charge in [0.25, 0.3) is 0 Å². The van der Waals surface area contributed by atoms with Crippen molar-refractivity contribution in [3.05, 3.63) is 34.9 Å². The Labute approximate surface area is 151 Å². The van der Waals surface area contributed by atoms with Crippen molar-refractivity contribution in [1.29, 1.82) is 0 Å². The second kappa shape index (κ2) is 8.12. The Morgan fingerprint density at radius 2 is 2.12 bits per heavy atom. The summed E-state index contributed by atoms with van der Waals surface area (Å²) in [6, 6.07) is 7.48. The second-order valence-corrected chi connectivity index (χ2v) is 8.00. The summed E-state index contributed by atoms with van der Waals surface area (Å²) in [5.74, 6) is -0.705. The number of hydrogen-bond donors (Lipinski definition) is 2. The van der Waals surface area contributed by atoms with Gasteiger partial charge in [-0.2, -0.15) is 0 Å². The van der Waals surface area contributed by atoms with E-state index in [0.717, 1.165) is 30.4 Å². The van der Waals surface area contributed by atoms with Crippen molar-refractivity contribution < 1.29 is 19.4 Å². The molecule has 132 valence electrons. The number of amides is 1. The number of carboxylic acid groups (broad SMARTS) is 1. The van der Waals surface area contributed by atoms with E-state index < -0.39 is 22.9 Å². The predicted octanol–water partition coefficient (Wildman–Crippen LogP) is 4.29. The van der Waals surface area contributed by atoms with Gasteiger partial charge in [-0.1, -0.05) is 37.6 Å². The van der Waals surface area contributed by atoms with E-state index in [0.29, 0.717) is 17.9 Å². The number of rotatable bonds is 8. The molecule has 0 unspecified atom stereocenters. The van der Waals surface area contributed by atoms with Gasteiger partial charge in [-0.3, -0.25) is 9.52 Å². The maximum Gasteiger partial charge on any atom is 0.417 e. The van der Waals surface area contributed by atoms with Crippen LogP contribution in [0.15, 0.2) is 24.3 Å². The Morgan fingerprint density at radius 1 is 1.42 bits per heavy atom. The molecule has 0 radical (unpaired) electrons. The van der Waals surface area contributed by atoms with E-state index in [2.05, 4.69) is 4.72 Å². The van der Waals surface area contributed by atoms with Gasteiger partial charge in [-0.15, -0.1) is 0 Å². The van der Waals surface area contributed by atoms with Crippen LogP contribution < -0.4 is 4.72 Å². The molecule has 1 aromatic carbocycles. The van der Waals surface area contributed by atoms with Crippen LogP contribution in [-0.2, 0) is 16.0 Å². The number of aliphatic carboxylic acids is 1. The first kappa shape index (κ1) is 18.9. The molecule has 1 aromatic rings. The molecule has 0 heterocycles. The first-order chi connectivity index (χ1) is 11.3. The standard InChI is InChI=1S/C17H22ClNO4S/c1-11(2)8-14(15(20)21)24-19-16(22)23-17(6-7-17)10-12-4-3-5-13(18)9-12/h3-5,9,11,14H,6-8,10H2,1-2H3,(H,19,22)(H,20,21)/t14-/m0/s1. The number of carbonyl (C=O) groups excluding carboxylic acids is 1. The average Bonchev–Trinajstić information content (AvgIpc) is 3.21. The summed E-state index contributed by atoms with van der Waals surface area (Å²) in [5, 5.41) is 9.15. The summed E-state index contributed by atoms with van der Waals surface area (Å²) in [4.78, 5) is 23.2. The van der Waals surface area contributed by atoms with E-state index in [1.54, 1.807) is 6.07 Å². The van der Waals surface area contributed by atoms with E-state index in [1.807, 2.05) is 32.0 Å². The van der Waals surface area contributed by atoms with Crippen molar-refractivity contribution in [2.75, 3.05) is 0 Å². The van der Waals surface area contributed by atoms with Crippen LogP contribution in [-0.4, -0.2) is 28.0 Å². The van der Waals surface area contributed by atoms with Crippen molar-refractivity contribution in [2.45, 2.75) is 50.4 Å². The van der Waals surface area contributed by atoms with Gasteiger partial charge in [-0.25, -0.2) is 4.79 Å². The van der Waals surface area contributed by atoms with Crippen molar-refractivity contribution in [1.82, 2.24) is 4.72 Å². The molecule has 0 bridgehead atoms. The zero-order chi connectivity index (χ0) is 17.7. The van der Waals surface area contributed by atoms with Gasteiger partial charge >= 0.3 is 12.1 Å². The third-order valence-corrected chi connectivity index (χ3v) is 4.98. The minimum Gasteiger partial charge on any atom is -0.480 e. The van der Waals surface area contributed by atoms with E-state index >= 15 is 0 Å². The molecule has 1 aliphatic rings. The normalized spacial score (nSPS) is 16.5. The summed E-state index contributed by atoms with van der Waals surface area (Å²) in [6.07, 6.45) is 2.10. The van der Waals surface area contributed by atoms with Crippen LogP contribution in [0.5, 0.6) is 0 Å².